The molecule has 2 rings (SSSR count). The molecule has 0 unspecified atom stereocenters. The maximum absolute atomic E-state index is 10.6. The second-order valence-electron chi connectivity index (χ2n) is 4.36. The van der Waals surface area contributed by atoms with E-state index in [2.05, 4.69) is 27.9 Å². The normalized spacial score (nSPS) is 10.3. The minimum absolute atomic E-state index is 0.0583. The third-order valence-corrected chi connectivity index (χ3v) is 3.92. The molecule has 0 radical (unpaired) electrons. The molecule has 0 saturated carbocycles. The second kappa shape index (κ2) is 6.95. The van der Waals surface area contributed by atoms with Gasteiger partial charge >= 0.3 is 5.97 Å². The van der Waals surface area contributed by atoms with Crippen LogP contribution in [-0.4, -0.2) is 11.1 Å². The average Bonchev–Trinajstić information content (AvgIpc) is 2.39. The van der Waals surface area contributed by atoms with Crippen LogP contribution in [0.15, 0.2) is 42.5 Å². The minimum atomic E-state index is -0.813. The highest BCUT2D eigenvalue weighted by atomic mass is 127. The predicted octanol–water partition coefficient (Wildman–Crippen LogP) is 4.18. The lowest BCUT2D eigenvalue weighted by Gasteiger charge is -2.09. The van der Waals surface area contributed by atoms with Gasteiger partial charge in [-0.25, -0.2) is 0 Å². The molecule has 0 saturated heterocycles. The van der Waals surface area contributed by atoms with Crippen molar-refractivity contribution in [1.29, 1.82) is 0 Å². The Morgan fingerprint density at radius 2 is 1.80 bits per heavy atom. The van der Waals surface area contributed by atoms with Crippen LogP contribution in [-0.2, 0) is 17.8 Å². The molecule has 0 bridgehead atoms. The molecule has 0 fully saturated rings. The van der Waals surface area contributed by atoms with Crippen molar-refractivity contribution < 1.29 is 9.90 Å². The van der Waals surface area contributed by atoms with Crippen LogP contribution in [0.5, 0.6) is 0 Å². The van der Waals surface area contributed by atoms with E-state index >= 15 is 0 Å². The number of hydrogen-bond acceptors (Lipinski definition) is 2. The van der Waals surface area contributed by atoms with Gasteiger partial charge in [-0.15, -0.1) is 0 Å². The van der Waals surface area contributed by atoms with E-state index < -0.39 is 5.97 Å². The molecule has 2 aromatic carbocycles. The maximum Gasteiger partial charge on any atom is 0.307 e. The second-order valence-corrected chi connectivity index (χ2v) is 5.96. The van der Waals surface area contributed by atoms with Crippen molar-refractivity contribution in [3.8, 4) is 0 Å². The number of carboxylic acid groups (broad SMARTS) is 1. The zero-order chi connectivity index (χ0) is 14.5. The zero-order valence-corrected chi connectivity index (χ0v) is 13.5. The number of benzene rings is 2. The van der Waals surface area contributed by atoms with Gasteiger partial charge in [0.2, 0.25) is 0 Å². The zero-order valence-electron chi connectivity index (χ0n) is 10.6. The maximum atomic E-state index is 10.6. The molecule has 0 amide bonds. The van der Waals surface area contributed by atoms with E-state index in [-0.39, 0.29) is 6.42 Å². The van der Waals surface area contributed by atoms with E-state index in [1.807, 2.05) is 42.5 Å². The highest BCUT2D eigenvalue weighted by molar-refractivity contribution is 14.1. The molecular formula is C15H13ClINO2. The van der Waals surface area contributed by atoms with Gasteiger partial charge in [-0.2, -0.15) is 0 Å². The summed E-state index contributed by atoms with van der Waals surface area (Å²) in [5.41, 5.74) is 2.94. The van der Waals surface area contributed by atoms with Crippen molar-refractivity contribution in [3.05, 3.63) is 62.2 Å². The Kier molecular flexibility index (Phi) is 5.25. The molecular weight excluding hydrogens is 389 g/mol. The van der Waals surface area contributed by atoms with Gasteiger partial charge in [0.15, 0.2) is 0 Å². The average molecular weight is 402 g/mol. The van der Waals surface area contributed by atoms with Crippen molar-refractivity contribution in [2.45, 2.75) is 13.0 Å². The van der Waals surface area contributed by atoms with E-state index in [0.717, 1.165) is 25.4 Å². The Bertz CT molecular complexity index is 614. The number of anilines is 1. The van der Waals surface area contributed by atoms with Crippen LogP contribution >= 0.6 is 34.2 Å². The SMILES string of the molecule is O=C(O)Cc1ccc(CNc2ccc(Cl)cc2I)cc1. The summed E-state index contributed by atoms with van der Waals surface area (Å²) < 4.78 is 1.07. The van der Waals surface area contributed by atoms with Gasteiger partial charge in [-0.05, 0) is 51.9 Å². The standard InChI is InChI=1S/C15H13ClINO2/c16-12-5-6-14(13(17)8-12)18-9-11-3-1-10(2-4-11)7-15(19)20/h1-6,8,18H,7,9H2,(H,19,20). The Labute approximate surface area is 136 Å². The van der Waals surface area contributed by atoms with E-state index in [9.17, 15) is 4.79 Å². The van der Waals surface area contributed by atoms with Crippen LogP contribution in [0.2, 0.25) is 5.02 Å². The fourth-order valence-corrected chi connectivity index (χ4v) is 2.84. The minimum Gasteiger partial charge on any atom is -0.481 e. The lowest BCUT2D eigenvalue weighted by molar-refractivity contribution is -0.136. The number of aliphatic carboxylic acids is 1. The lowest BCUT2D eigenvalue weighted by atomic mass is 10.1. The first kappa shape index (κ1) is 15.1. The molecule has 0 heterocycles. The monoisotopic (exact) mass is 401 g/mol. The number of carboxylic acids is 1. The molecule has 0 aliphatic carbocycles. The van der Waals surface area contributed by atoms with Crippen LogP contribution in [0.3, 0.4) is 0 Å². The molecule has 0 spiro atoms. The van der Waals surface area contributed by atoms with Gasteiger partial charge in [0.05, 0.1) is 6.42 Å². The highest BCUT2D eigenvalue weighted by Gasteiger charge is 2.02. The third-order valence-electron chi connectivity index (χ3n) is 2.79. The highest BCUT2D eigenvalue weighted by Crippen LogP contribution is 2.22. The van der Waals surface area contributed by atoms with Gasteiger partial charge in [-0.3, -0.25) is 4.79 Å². The summed E-state index contributed by atoms with van der Waals surface area (Å²) in [7, 11) is 0. The van der Waals surface area contributed by atoms with Crippen LogP contribution in [0, 0.1) is 3.57 Å². The van der Waals surface area contributed by atoms with Gasteiger partial charge in [0.1, 0.15) is 0 Å². The molecule has 0 aliphatic rings. The van der Waals surface area contributed by atoms with Gasteiger partial charge < -0.3 is 10.4 Å². The van der Waals surface area contributed by atoms with Crippen molar-refractivity contribution in [2.24, 2.45) is 0 Å². The van der Waals surface area contributed by atoms with Crippen molar-refractivity contribution in [3.63, 3.8) is 0 Å². The summed E-state index contributed by atoms with van der Waals surface area (Å²) in [6.07, 6.45) is 0.0583. The summed E-state index contributed by atoms with van der Waals surface area (Å²) >= 11 is 8.15. The Hall–Kier alpha value is -1.27. The molecule has 20 heavy (non-hydrogen) atoms. The molecule has 5 heteroatoms. The fourth-order valence-electron chi connectivity index (χ4n) is 1.78. The summed E-state index contributed by atoms with van der Waals surface area (Å²) in [4.78, 5) is 10.6. The lowest BCUT2D eigenvalue weighted by Crippen LogP contribution is -2.02. The first-order chi connectivity index (χ1) is 9.54. The summed E-state index contributed by atoms with van der Waals surface area (Å²) in [6, 6.07) is 13.3. The predicted molar refractivity (Wildman–Crippen MR) is 89.3 cm³/mol. The molecule has 0 aromatic heterocycles. The van der Waals surface area contributed by atoms with Crippen molar-refractivity contribution >= 4 is 45.8 Å². The van der Waals surface area contributed by atoms with Gasteiger partial charge in [0, 0.05) is 20.8 Å². The van der Waals surface area contributed by atoms with Crippen LogP contribution in [0.4, 0.5) is 5.69 Å². The van der Waals surface area contributed by atoms with E-state index in [0.29, 0.717) is 6.54 Å². The van der Waals surface area contributed by atoms with E-state index in [1.54, 1.807) is 0 Å². The summed E-state index contributed by atoms with van der Waals surface area (Å²) in [5, 5.41) is 12.8. The van der Waals surface area contributed by atoms with E-state index in [4.69, 9.17) is 16.7 Å². The number of halogens is 2. The fraction of sp³-hybridized carbons (Fsp3) is 0.133. The van der Waals surface area contributed by atoms with Crippen molar-refractivity contribution in [1.82, 2.24) is 0 Å². The molecule has 2 N–H and O–H groups in total. The first-order valence-electron chi connectivity index (χ1n) is 6.03. The third kappa shape index (κ3) is 4.38. The summed E-state index contributed by atoms with van der Waals surface area (Å²) in [5.74, 6) is -0.813. The Morgan fingerprint density at radius 1 is 1.15 bits per heavy atom. The Morgan fingerprint density at radius 3 is 2.40 bits per heavy atom. The van der Waals surface area contributed by atoms with Crippen molar-refractivity contribution in [2.75, 3.05) is 5.32 Å². The topological polar surface area (TPSA) is 49.3 Å². The molecule has 2 aromatic rings. The van der Waals surface area contributed by atoms with Gasteiger partial charge in [-0.1, -0.05) is 35.9 Å². The number of rotatable bonds is 5. The quantitative estimate of drug-likeness (QED) is 0.739. The number of carbonyl (C=O) groups is 1. The first-order valence-corrected chi connectivity index (χ1v) is 7.49. The van der Waals surface area contributed by atoms with Crippen LogP contribution in [0.25, 0.3) is 0 Å². The smallest absolute Gasteiger partial charge is 0.307 e. The molecule has 104 valence electrons. The van der Waals surface area contributed by atoms with Crippen LogP contribution in [0.1, 0.15) is 11.1 Å². The molecule has 0 atom stereocenters. The summed E-state index contributed by atoms with van der Waals surface area (Å²) in [6.45, 7) is 0.686. The van der Waals surface area contributed by atoms with E-state index in [1.165, 1.54) is 0 Å². The van der Waals surface area contributed by atoms with Crippen LogP contribution < -0.4 is 5.32 Å². The Balaban J connectivity index is 1.98. The number of hydrogen-bond donors (Lipinski definition) is 2. The largest absolute Gasteiger partial charge is 0.481 e. The molecule has 3 nitrogen and oxygen atoms in total. The molecule has 0 aliphatic heterocycles. The van der Waals surface area contributed by atoms with Gasteiger partial charge in [0.25, 0.3) is 0 Å². The number of nitrogens with one attached hydrogen (secondary N) is 1.